The summed E-state index contributed by atoms with van der Waals surface area (Å²) in [6.45, 7) is 3.08. The van der Waals surface area contributed by atoms with Gasteiger partial charge in [0.1, 0.15) is 0 Å². The molecule has 0 unspecified atom stereocenters. The van der Waals surface area contributed by atoms with Gasteiger partial charge in [0.15, 0.2) is 0 Å². The maximum atomic E-state index is 9.50. The van der Waals surface area contributed by atoms with Gasteiger partial charge < -0.3 is 5.48 Å². The van der Waals surface area contributed by atoms with Crippen molar-refractivity contribution in [1.82, 2.24) is 0 Å². The highest BCUT2D eigenvalue weighted by molar-refractivity contribution is 4.28. The smallest absolute Gasteiger partial charge is 0.207 e. The quantitative estimate of drug-likeness (QED) is 0.345. The van der Waals surface area contributed by atoms with Gasteiger partial charge in [0, 0.05) is 18.8 Å². The van der Waals surface area contributed by atoms with E-state index >= 15 is 0 Å². The Bertz CT molecular complexity index is 61.2. The standard InChI is InChI=1S/C3H7NO2.H2O/c1-3(2)4(5)6;/h3H,1-2H3;1H2. The van der Waals surface area contributed by atoms with Crippen molar-refractivity contribution in [2.24, 2.45) is 0 Å². The second-order valence-electron chi connectivity index (χ2n) is 1.38. The number of nitro groups is 1. The molecule has 0 atom stereocenters. The molecule has 4 nitrogen and oxygen atoms in total. The molecule has 7 heavy (non-hydrogen) atoms. The van der Waals surface area contributed by atoms with Gasteiger partial charge in [-0.3, -0.25) is 10.1 Å². The zero-order valence-corrected chi connectivity index (χ0v) is 4.34. The van der Waals surface area contributed by atoms with Crippen molar-refractivity contribution >= 4 is 0 Å². The lowest BCUT2D eigenvalue weighted by Gasteiger charge is -1.88. The summed E-state index contributed by atoms with van der Waals surface area (Å²) in [5, 5.41) is 9.50. The summed E-state index contributed by atoms with van der Waals surface area (Å²) < 4.78 is 0. The van der Waals surface area contributed by atoms with Crippen molar-refractivity contribution in [3.8, 4) is 0 Å². The monoisotopic (exact) mass is 107 g/mol. The van der Waals surface area contributed by atoms with E-state index in [1.807, 2.05) is 0 Å². The van der Waals surface area contributed by atoms with Crippen molar-refractivity contribution in [3.63, 3.8) is 0 Å². The van der Waals surface area contributed by atoms with Crippen molar-refractivity contribution in [2.45, 2.75) is 19.9 Å². The minimum atomic E-state index is -0.426. The number of nitrogens with zero attached hydrogens (tertiary/aromatic N) is 1. The summed E-state index contributed by atoms with van der Waals surface area (Å²) in [5.41, 5.74) is 0. The summed E-state index contributed by atoms with van der Waals surface area (Å²) in [6, 6.07) is -0.426. The Kier molecular flexibility index (Phi) is 4.87. The molecule has 0 saturated carbocycles. The van der Waals surface area contributed by atoms with E-state index in [4.69, 9.17) is 0 Å². The summed E-state index contributed by atoms with van der Waals surface area (Å²) in [4.78, 5) is 9.17. The van der Waals surface area contributed by atoms with Gasteiger partial charge >= 0.3 is 0 Å². The van der Waals surface area contributed by atoms with Crippen LogP contribution in [-0.4, -0.2) is 16.4 Å². The average molecular weight is 107 g/mol. The van der Waals surface area contributed by atoms with Crippen LogP contribution in [0.3, 0.4) is 0 Å². The van der Waals surface area contributed by atoms with Crippen molar-refractivity contribution in [2.75, 3.05) is 0 Å². The molecule has 0 radical (unpaired) electrons. The zero-order chi connectivity index (χ0) is 5.15. The van der Waals surface area contributed by atoms with Gasteiger partial charge in [0.25, 0.3) is 0 Å². The molecule has 0 aliphatic rings. The van der Waals surface area contributed by atoms with Crippen LogP contribution < -0.4 is 0 Å². The lowest BCUT2D eigenvalue weighted by molar-refractivity contribution is -0.513. The molecule has 0 heterocycles. The maximum absolute atomic E-state index is 9.50. The molecule has 0 fully saturated rings. The lowest BCUT2D eigenvalue weighted by Crippen LogP contribution is -2.08. The summed E-state index contributed by atoms with van der Waals surface area (Å²) in [7, 11) is 0. The summed E-state index contributed by atoms with van der Waals surface area (Å²) in [5.74, 6) is 0. The van der Waals surface area contributed by atoms with Crippen LogP contribution in [0.5, 0.6) is 0 Å². The second-order valence-corrected chi connectivity index (χ2v) is 1.38. The SMILES string of the molecule is CC(C)[N+](=O)[O-].O. The van der Waals surface area contributed by atoms with Gasteiger partial charge in [-0.25, -0.2) is 0 Å². The van der Waals surface area contributed by atoms with Gasteiger partial charge in [-0.05, 0) is 0 Å². The second kappa shape index (κ2) is 3.55. The number of hydrogen-bond acceptors (Lipinski definition) is 2. The fourth-order valence-electron chi connectivity index (χ4n) is 0. The molecule has 0 bridgehead atoms. The molecule has 0 aromatic rings. The molecule has 44 valence electrons. The number of hydrogen-bond donors (Lipinski definition) is 0. The van der Waals surface area contributed by atoms with Crippen molar-refractivity contribution in [1.29, 1.82) is 0 Å². The van der Waals surface area contributed by atoms with Crippen LogP contribution in [0.4, 0.5) is 0 Å². The van der Waals surface area contributed by atoms with Crippen LogP contribution in [0.25, 0.3) is 0 Å². The third-order valence-corrected chi connectivity index (χ3v) is 0.422. The molecule has 0 aromatic carbocycles. The van der Waals surface area contributed by atoms with Crippen LogP contribution in [-0.2, 0) is 0 Å². The van der Waals surface area contributed by atoms with E-state index in [0.29, 0.717) is 0 Å². The van der Waals surface area contributed by atoms with E-state index in [0.717, 1.165) is 0 Å². The molecule has 0 saturated heterocycles. The van der Waals surface area contributed by atoms with Crippen LogP contribution >= 0.6 is 0 Å². The molecule has 0 aliphatic carbocycles. The first-order valence-corrected chi connectivity index (χ1v) is 1.78. The largest absolute Gasteiger partial charge is 0.412 e. The minimum absolute atomic E-state index is 0. The molecule has 0 spiro atoms. The Morgan fingerprint density at radius 1 is 1.57 bits per heavy atom. The molecule has 4 heteroatoms. The highest BCUT2D eigenvalue weighted by Crippen LogP contribution is 1.79. The van der Waals surface area contributed by atoms with Crippen LogP contribution in [0.2, 0.25) is 0 Å². The molecular formula is C3H9NO3. The normalized spacial score (nSPS) is 7.86. The van der Waals surface area contributed by atoms with E-state index in [9.17, 15) is 10.1 Å². The average Bonchev–Trinajstić information content (AvgIpc) is 1.36. The Labute approximate surface area is 41.6 Å². The summed E-state index contributed by atoms with van der Waals surface area (Å²) >= 11 is 0. The van der Waals surface area contributed by atoms with Crippen molar-refractivity contribution in [3.05, 3.63) is 10.1 Å². The summed E-state index contributed by atoms with van der Waals surface area (Å²) in [6.07, 6.45) is 0. The Morgan fingerprint density at radius 3 is 1.71 bits per heavy atom. The number of rotatable bonds is 1. The molecule has 2 N–H and O–H groups in total. The predicted octanol–water partition coefficient (Wildman–Crippen LogP) is -0.153. The van der Waals surface area contributed by atoms with Crippen LogP contribution in [0.15, 0.2) is 0 Å². The third-order valence-electron chi connectivity index (χ3n) is 0.422. The highest BCUT2D eigenvalue weighted by Gasteiger charge is 1.99. The van der Waals surface area contributed by atoms with Gasteiger partial charge in [-0.1, -0.05) is 0 Å². The Hall–Kier alpha value is -0.640. The third kappa shape index (κ3) is 5.36. The van der Waals surface area contributed by atoms with Gasteiger partial charge in [-0.2, -0.15) is 0 Å². The molecule has 0 amide bonds. The molecule has 0 aromatic heterocycles. The first-order valence-electron chi connectivity index (χ1n) is 1.78. The predicted molar refractivity (Wildman–Crippen MR) is 25.7 cm³/mol. The Balaban J connectivity index is 0. The Morgan fingerprint density at radius 2 is 1.71 bits per heavy atom. The molecular weight excluding hydrogens is 98.0 g/mol. The van der Waals surface area contributed by atoms with Gasteiger partial charge in [0.05, 0.1) is 0 Å². The maximum Gasteiger partial charge on any atom is 0.207 e. The van der Waals surface area contributed by atoms with Crippen LogP contribution in [0.1, 0.15) is 13.8 Å². The van der Waals surface area contributed by atoms with E-state index in [-0.39, 0.29) is 10.4 Å². The highest BCUT2D eigenvalue weighted by atomic mass is 16.6. The van der Waals surface area contributed by atoms with Gasteiger partial charge in [0.2, 0.25) is 6.04 Å². The van der Waals surface area contributed by atoms with E-state index < -0.39 is 6.04 Å². The minimum Gasteiger partial charge on any atom is -0.412 e. The van der Waals surface area contributed by atoms with E-state index in [1.165, 1.54) is 0 Å². The van der Waals surface area contributed by atoms with E-state index in [2.05, 4.69) is 0 Å². The lowest BCUT2D eigenvalue weighted by atomic mass is 10.4. The molecule has 0 aliphatic heterocycles. The fourth-order valence-corrected chi connectivity index (χ4v) is 0. The van der Waals surface area contributed by atoms with E-state index in [1.54, 1.807) is 13.8 Å². The molecule has 0 rings (SSSR count). The van der Waals surface area contributed by atoms with Gasteiger partial charge in [-0.15, -0.1) is 0 Å². The first-order chi connectivity index (χ1) is 2.64. The zero-order valence-electron chi connectivity index (χ0n) is 4.34. The van der Waals surface area contributed by atoms with Crippen molar-refractivity contribution < 1.29 is 10.4 Å². The fraction of sp³-hybridized carbons (Fsp3) is 1.00. The first kappa shape index (κ1) is 9.61. The van der Waals surface area contributed by atoms with Crippen LogP contribution in [0, 0.1) is 10.1 Å². The topological polar surface area (TPSA) is 74.6 Å².